The lowest BCUT2D eigenvalue weighted by Crippen LogP contribution is -2.33. The Morgan fingerprint density at radius 3 is 2.69 bits per heavy atom. The number of anilines is 1. The third kappa shape index (κ3) is 3.63. The summed E-state index contributed by atoms with van der Waals surface area (Å²) in [7, 11) is 1.79. The lowest BCUT2D eigenvalue weighted by atomic mass is 10.1. The summed E-state index contributed by atoms with van der Waals surface area (Å²) in [6, 6.07) is 12.7. The number of rotatable bonds is 6. The number of nitrogens with two attached hydrogens (primary N) is 1. The minimum absolute atomic E-state index is 0.260. The molecular formula is C19H24N6O. The Balaban J connectivity index is 1.45. The van der Waals surface area contributed by atoms with Crippen molar-refractivity contribution in [2.24, 2.45) is 0 Å². The molecule has 2 aromatic heterocycles. The van der Waals surface area contributed by atoms with Gasteiger partial charge in [0.15, 0.2) is 0 Å². The van der Waals surface area contributed by atoms with E-state index in [4.69, 9.17) is 10.5 Å². The van der Waals surface area contributed by atoms with E-state index in [0.29, 0.717) is 11.9 Å². The number of aromatic nitrogens is 4. The first-order valence-electron chi connectivity index (χ1n) is 8.86. The number of hydrogen-bond acceptors (Lipinski definition) is 5. The monoisotopic (exact) mass is 352 g/mol. The minimum Gasteiger partial charge on any atom is -0.382 e. The molecule has 136 valence electrons. The molecule has 0 saturated carbocycles. The molecule has 7 heteroatoms. The van der Waals surface area contributed by atoms with Crippen molar-refractivity contribution in [3.63, 3.8) is 0 Å². The Labute approximate surface area is 153 Å². The van der Waals surface area contributed by atoms with Gasteiger partial charge in [0.25, 0.3) is 0 Å². The van der Waals surface area contributed by atoms with Crippen molar-refractivity contribution in [3.05, 3.63) is 60.6 Å². The standard InChI is InChI=1S/C19H24N6O/c1-26-18-11-17(13-24-10-7-19(20)22-24)23(14-18)12-15-3-5-16(6-4-15)25-9-2-8-21-25/h2-10,17-18H,11-14H2,1H3,(H2,20,22)/t17-,18+/m0/s1. The van der Waals surface area contributed by atoms with Gasteiger partial charge in [-0.05, 0) is 36.2 Å². The van der Waals surface area contributed by atoms with Gasteiger partial charge in [-0.15, -0.1) is 0 Å². The van der Waals surface area contributed by atoms with Crippen LogP contribution in [-0.2, 0) is 17.8 Å². The van der Waals surface area contributed by atoms with E-state index < -0.39 is 0 Å². The average Bonchev–Trinajstić information content (AvgIpc) is 3.38. The largest absolute Gasteiger partial charge is 0.382 e. The summed E-state index contributed by atoms with van der Waals surface area (Å²) in [6.45, 7) is 2.64. The third-order valence-electron chi connectivity index (χ3n) is 4.97. The van der Waals surface area contributed by atoms with E-state index >= 15 is 0 Å². The molecule has 26 heavy (non-hydrogen) atoms. The van der Waals surface area contributed by atoms with Gasteiger partial charge in [0.2, 0.25) is 0 Å². The molecular weight excluding hydrogens is 328 g/mol. The highest BCUT2D eigenvalue weighted by atomic mass is 16.5. The van der Waals surface area contributed by atoms with Gasteiger partial charge in [-0.3, -0.25) is 9.58 Å². The maximum Gasteiger partial charge on any atom is 0.145 e. The zero-order valence-corrected chi connectivity index (χ0v) is 14.9. The van der Waals surface area contributed by atoms with E-state index in [1.807, 2.05) is 33.9 Å². The molecule has 0 spiro atoms. The molecule has 3 heterocycles. The van der Waals surface area contributed by atoms with Crippen LogP contribution in [0.2, 0.25) is 0 Å². The number of methoxy groups -OCH3 is 1. The first-order chi connectivity index (χ1) is 12.7. The lowest BCUT2D eigenvalue weighted by molar-refractivity contribution is 0.107. The molecule has 2 atom stereocenters. The van der Waals surface area contributed by atoms with E-state index in [2.05, 4.69) is 39.4 Å². The fraction of sp³-hybridized carbons (Fsp3) is 0.368. The maximum atomic E-state index is 5.74. The quantitative estimate of drug-likeness (QED) is 0.734. The van der Waals surface area contributed by atoms with Crippen LogP contribution in [0.1, 0.15) is 12.0 Å². The Kier molecular flexibility index (Phi) is 4.73. The topological polar surface area (TPSA) is 74.1 Å². The van der Waals surface area contributed by atoms with Gasteiger partial charge < -0.3 is 10.5 Å². The molecule has 1 fully saturated rings. The molecule has 0 bridgehead atoms. The average molecular weight is 352 g/mol. The van der Waals surface area contributed by atoms with Crippen molar-refractivity contribution in [2.75, 3.05) is 19.4 Å². The molecule has 0 amide bonds. The normalized spacial score (nSPS) is 20.7. The van der Waals surface area contributed by atoms with Gasteiger partial charge in [0.05, 0.1) is 18.3 Å². The van der Waals surface area contributed by atoms with Gasteiger partial charge in [0, 0.05) is 44.8 Å². The van der Waals surface area contributed by atoms with Crippen LogP contribution >= 0.6 is 0 Å². The minimum atomic E-state index is 0.260. The van der Waals surface area contributed by atoms with Crippen LogP contribution in [0.15, 0.2) is 55.0 Å². The second-order valence-electron chi connectivity index (χ2n) is 6.76. The highest BCUT2D eigenvalue weighted by Crippen LogP contribution is 2.24. The van der Waals surface area contributed by atoms with Crippen LogP contribution in [0.3, 0.4) is 0 Å². The fourth-order valence-electron chi connectivity index (χ4n) is 3.60. The van der Waals surface area contributed by atoms with E-state index in [1.54, 1.807) is 13.3 Å². The zero-order valence-electron chi connectivity index (χ0n) is 14.9. The summed E-state index contributed by atoms with van der Waals surface area (Å²) in [6.07, 6.45) is 6.94. The Bertz CT molecular complexity index is 826. The van der Waals surface area contributed by atoms with Crippen molar-refractivity contribution >= 4 is 5.82 Å². The number of ether oxygens (including phenoxy) is 1. The van der Waals surface area contributed by atoms with Crippen LogP contribution in [0, 0.1) is 0 Å². The second kappa shape index (κ2) is 7.31. The van der Waals surface area contributed by atoms with Crippen LogP contribution in [0.4, 0.5) is 5.82 Å². The van der Waals surface area contributed by atoms with Crippen LogP contribution < -0.4 is 5.73 Å². The van der Waals surface area contributed by atoms with E-state index in [9.17, 15) is 0 Å². The predicted molar refractivity (Wildman–Crippen MR) is 99.8 cm³/mol. The van der Waals surface area contributed by atoms with E-state index in [0.717, 1.165) is 31.7 Å². The fourth-order valence-corrected chi connectivity index (χ4v) is 3.60. The third-order valence-corrected chi connectivity index (χ3v) is 4.97. The van der Waals surface area contributed by atoms with Gasteiger partial charge in [-0.2, -0.15) is 10.2 Å². The molecule has 3 aromatic rings. The number of likely N-dealkylation sites (tertiary alicyclic amines) is 1. The lowest BCUT2D eigenvalue weighted by Gasteiger charge is -2.24. The second-order valence-corrected chi connectivity index (χ2v) is 6.76. The smallest absolute Gasteiger partial charge is 0.145 e. The van der Waals surface area contributed by atoms with E-state index in [-0.39, 0.29) is 6.10 Å². The summed E-state index contributed by atoms with van der Waals surface area (Å²) >= 11 is 0. The summed E-state index contributed by atoms with van der Waals surface area (Å²) < 4.78 is 9.40. The van der Waals surface area contributed by atoms with Gasteiger partial charge in [0.1, 0.15) is 5.82 Å². The molecule has 0 aliphatic carbocycles. The summed E-state index contributed by atoms with van der Waals surface area (Å²) in [4.78, 5) is 2.47. The number of nitrogen functional groups attached to an aromatic ring is 1. The molecule has 2 N–H and O–H groups in total. The van der Waals surface area contributed by atoms with Crippen molar-refractivity contribution in [1.29, 1.82) is 0 Å². The Morgan fingerprint density at radius 2 is 2.04 bits per heavy atom. The molecule has 1 aliphatic heterocycles. The summed E-state index contributed by atoms with van der Waals surface area (Å²) in [5, 5.41) is 8.59. The first kappa shape index (κ1) is 16.8. The summed E-state index contributed by atoms with van der Waals surface area (Å²) in [5.74, 6) is 0.562. The number of benzene rings is 1. The summed E-state index contributed by atoms with van der Waals surface area (Å²) in [5.41, 5.74) is 8.09. The SMILES string of the molecule is CO[C@@H]1C[C@@H](Cn2ccc(N)n2)N(Cc2ccc(-n3cccn3)cc2)C1. The van der Waals surface area contributed by atoms with Crippen LogP contribution in [0.25, 0.3) is 5.69 Å². The van der Waals surface area contributed by atoms with Gasteiger partial charge in [-0.1, -0.05) is 12.1 Å². The van der Waals surface area contributed by atoms with Gasteiger partial charge in [-0.25, -0.2) is 4.68 Å². The molecule has 1 aliphatic rings. The maximum absolute atomic E-state index is 5.74. The van der Waals surface area contributed by atoms with Gasteiger partial charge >= 0.3 is 0 Å². The molecule has 4 rings (SSSR count). The molecule has 1 aromatic carbocycles. The molecule has 0 unspecified atom stereocenters. The highest BCUT2D eigenvalue weighted by molar-refractivity contribution is 5.33. The highest BCUT2D eigenvalue weighted by Gasteiger charge is 2.32. The number of hydrogen-bond donors (Lipinski definition) is 1. The van der Waals surface area contributed by atoms with Crippen LogP contribution in [0.5, 0.6) is 0 Å². The van der Waals surface area contributed by atoms with Crippen molar-refractivity contribution in [1.82, 2.24) is 24.5 Å². The van der Waals surface area contributed by atoms with Crippen molar-refractivity contribution < 1.29 is 4.74 Å². The van der Waals surface area contributed by atoms with Crippen molar-refractivity contribution in [3.8, 4) is 5.69 Å². The molecule has 1 saturated heterocycles. The number of nitrogens with zero attached hydrogens (tertiary/aromatic N) is 5. The zero-order chi connectivity index (χ0) is 17.9. The van der Waals surface area contributed by atoms with Crippen molar-refractivity contribution in [2.45, 2.75) is 31.7 Å². The Morgan fingerprint density at radius 1 is 1.19 bits per heavy atom. The van der Waals surface area contributed by atoms with Crippen LogP contribution in [-0.4, -0.2) is 50.3 Å². The van der Waals surface area contributed by atoms with E-state index in [1.165, 1.54) is 5.56 Å². The molecule has 7 nitrogen and oxygen atoms in total. The Hall–Kier alpha value is -2.64. The predicted octanol–water partition coefficient (Wildman–Crippen LogP) is 1.94. The first-order valence-corrected chi connectivity index (χ1v) is 8.86. The molecule has 0 radical (unpaired) electrons.